The molecule has 24 heavy (non-hydrogen) atoms. The third kappa shape index (κ3) is 3.85. The Hall–Kier alpha value is -2.13. The Labute approximate surface area is 144 Å². The molecule has 1 amide bonds. The fourth-order valence-electron chi connectivity index (χ4n) is 3.64. The van der Waals surface area contributed by atoms with Crippen molar-refractivity contribution in [2.24, 2.45) is 5.73 Å². The van der Waals surface area contributed by atoms with Crippen LogP contribution in [0.25, 0.3) is 0 Å². The molecule has 1 aliphatic carbocycles. The fourth-order valence-corrected chi connectivity index (χ4v) is 3.64. The van der Waals surface area contributed by atoms with Crippen LogP contribution in [0.3, 0.4) is 0 Å². The van der Waals surface area contributed by atoms with Crippen LogP contribution in [0.4, 0.5) is 0 Å². The quantitative estimate of drug-likeness (QED) is 0.854. The van der Waals surface area contributed by atoms with Gasteiger partial charge in [0.15, 0.2) is 0 Å². The Balaban J connectivity index is 1.66. The summed E-state index contributed by atoms with van der Waals surface area (Å²) in [6.45, 7) is 0.645. The molecule has 0 spiro atoms. The molecule has 0 radical (unpaired) electrons. The van der Waals surface area contributed by atoms with E-state index >= 15 is 0 Å². The fraction of sp³-hybridized carbons (Fsp3) is 0.381. The molecule has 126 valence electrons. The summed E-state index contributed by atoms with van der Waals surface area (Å²) in [5.74, 6) is 0.296. The molecule has 0 atom stereocenters. The van der Waals surface area contributed by atoms with Crippen LogP contribution in [-0.4, -0.2) is 18.0 Å². The van der Waals surface area contributed by atoms with Crippen LogP contribution in [-0.2, 0) is 4.79 Å². The first-order chi connectivity index (χ1) is 11.7. The molecule has 0 saturated heterocycles. The average Bonchev–Trinajstić information content (AvgIpc) is 3.08. The Bertz CT molecular complexity index is 609. The van der Waals surface area contributed by atoms with Crippen LogP contribution >= 0.6 is 0 Å². The van der Waals surface area contributed by atoms with E-state index in [1.165, 1.54) is 11.1 Å². The van der Waals surface area contributed by atoms with Crippen LogP contribution < -0.4 is 11.1 Å². The van der Waals surface area contributed by atoms with Crippen molar-refractivity contribution < 1.29 is 4.79 Å². The smallest absolute Gasteiger partial charge is 0.240 e. The predicted octanol–water partition coefficient (Wildman–Crippen LogP) is 3.60. The van der Waals surface area contributed by atoms with E-state index in [-0.39, 0.29) is 11.8 Å². The molecule has 1 aliphatic rings. The number of rotatable bonds is 6. The zero-order valence-corrected chi connectivity index (χ0v) is 14.1. The molecule has 2 aromatic carbocycles. The lowest BCUT2D eigenvalue weighted by atomic mass is 9.88. The first-order valence-electron chi connectivity index (χ1n) is 8.86. The molecule has 0 unspecified atom stereocenters. The summed E-state index contributed by atoms with van der Waals surface area (Å²) >= 11 is 0. The van der Waals surface area contributed by atoms with E-state index in [4.69, 9.17) is 5.73 Å². The number of nitrogens with two attached hydrogens (primary N) is 1. The predicted molar refractivity (Wildman–Crippen MR) is 97.7 cm³/mol. The minimum Gasteiger partial charge on any atom is -0.354 e. The molecular weight excluding hydrogens is 296 g/mol. The molecule has 3 rings (SSSR count). The maximum absolute atomic E-state index is 12.4. The van der Waals surface area contributed by atoms with E-state index in [1.54, 1.807) is 0 Å². The van der Waals surface area contributed by atoms with Crippen LogP contribution in [0.1, 0.15) is 49.1 Å². The number of benzene rings is 2. The molecule has 0 aromatic heterocycles. The summed E-state index contributed by atoms with van der Waals surface area (Å²) in [5, 5.41) is 3.07. The summed E-state index contributed by atoms with van der Waals surface area (Å²) in [7, 11) is 0. The molecule has 0 aliphatic heterocycles. The minimum absolute atomic E-state index is 0.0138. The minimum atomic E-state index is -0.644. The summed E-state index contributed by atoms with van der Waals surface area (Å²) < 4.78 is 0. The highest BCUT2D eigenvalue weighted by Gasteiger charge is 2.36. The van der Waals surface area contributed by atoms with E-state index in [2.05, 4.69) is 53.8 Å². The van der Waals surface area contributed by atoms with Crippen LogP contribution in [0.15, 0.2) is 60.7 Å². The van der Waals surface area contributed by atoms with Gasteiger partial charge in [0.25, 0.3) is 0 Å². The summed E-state index contributed by atoms with van der Waals surface area (Å²) in [5.41, 5.74) is 8.14. The van der Waals surface area contributed by atoms with Gasteiger partial charge < -0.3 is 11.1 Å². The van der Waals surface area contributed by atoms with E-state index in [9.17, 15) is 4.79 Å². The zero-order valence-electron chi connectivity index (χ0n) is 14.1. The summed E-state index contributed by atoms with van der Waals surface area (Å²) in [6.07, 6.45) is 4.59. The van der Waals surface area contributed by atoms with Gasteiger partial charge in [-0.25, -0.2) is 0 Å². The van der Waals surface area contributed by atoms with Gasteiger partial charge in [-0.3, -0.25) is 4.79 Å². The zero-order chi connectivity index (χ0) is 16.8. The Morgan fingerprint density at radius 2 is 1.46 bits per heavy atom. The van der Waals surface area contributed by atoms with Crippen molar-refractivity contribution in [1.82, 2.24) is 5.32 Å². The second-order valence-corrected chi connectivity index (χ2v) is 6.78. The lowest BCUT2D eigenvalue weighted by molar-refractivity contribution is -0.126. The normalized spacial score (nSPS) is 16.2. The van der Waals surface area contributed by atoms with E-state index in [0.29, 0.717) is 6.54 Å². The second-order valence-electron chi connectivity index (χ2n) is 6.78. The van der Waals surface area contributed by atoms with Gasteiger partial charge in [-0.15, -0.1) is 0 Å². The van der Waals surface area contributed by atoms with Crippen LogP contribution in [0, 0.1) is 0 Å². The summed E-state index contributed by atoms with van der Waals surface area (Å²) in [6, 6.07) is 20.9. The van der Waals surface area contributed by atoms with Gasteiger partial charge in [-0.2, -0.15) is 0 Å². The monoisotopic (exact) mass is 322 g/mol. The molecule has 0 bridgehead atoms. The van der Waals surface area contributed by atoms with Gasteiger partial charge in [0, 0.05) is 12.5 Å². The van der Waals surface area contributed by atoms with Crippen molar-refractivity contribution in [3.05, 3.63) is 71.8 Å². The van der Waals surface area contributed by atoms with Gasteiger partial charge in [0.2, 0.25) is 5.91 Å². The Morgan fingerprint density at radius 3 is 1.96 bits per heavy atom. The van der Waals surface area contributed by atoms with Crippen molar-refractivity contribution >= 4 is 5.91 Å². The number of nitrogens with one attached hydrogen (secondary N) is 1. The second kappa shape index (κ2) is 7.63. The van der Waals surface area contributed by atoms with E-state index in [1.807, 2.05) is 12.1 Å². The van der Waals surface area contributed by atoms with Gasteiger partial charge >= 0.3 is 0 Å². The molecule has 3 N–H and O–H groups in total. The highest BCUT2D eigenvalue weighted by molar-refractivity contribution is 5.86. The highest BCUT2D eigenvalue weighted by atomic mass is 16.2. The van der Waals surface area contributed by atoms with E-state index in [0.717, 1.165) is 32.1 Å². The van der Waals surface area contributed by atoms with Gasteiger partial charge in [-0.1, -0.05) is 73.5 Å². The van der Waals surface area contributed by atoms with E-state index < -0.39 is 5.54 Å². The highest BCUT2D eigenvalue weighted by Crippen LogP contribution is 2.29. The molecule has 0 heterocycles. The topological polar surface area (TPSA) is 55.1 Å². The average molecular weight is 322 g/mol. The number of hydrogen-bond donors (Lipinski definition) is 2. The third-order valence-corrected chi connectivity index (χ3v) is 5.07. The Kier molecular flexibility index (Phi) is 5.31. The number of hydrogen-bond acceptors (Lipinski definition) is 2. The Morgan fingerprint density at radius 1 is 0.958 bits per heavy atom. The first kappa shape index (κ1) is 16.7. The van der Waals surface area contributed by atoms with Crippen molar-refractivity contribution in [3.8, 4) is 0 Å². The number of amides is 1. The maximum atomic E-state index is 12.4. The van der Waals surface area contributed by atoms with Gasteiger partial charge in [0.1, 0.15) is 0 Å². The largest absolute Gasteiger partial charge is 0.354 e. The summed E-state index contributed by atoms with van der Waals surface area (Å²) in [4.78, 5) is 12.4. The number of carbonyl (C=O) groups excluding carboxylic acids is 1. The molecule has 3 heteroatoms. The van der Waals surface area contributed by atoms with Crippen LogP contribution in [0.5, 0.6) is 0 Å². The SMILES string of the molecule is NC1(C(=O)NCCC(c2ccccc2)c2ccccc2)CCCC1. The van der Waals surface area contributed by atoms with Crippen LogP contribution in [0.2, 0.25) is 0 Å². The standard InChI is InChI=1S/C21H26N2O/c22-21(14-7-8-15-21)20(24)23-16-13-19(17-9-3-1-4-10-17)18-11-5-2-6-12-18/h1-6,9-12,19H,7-8,13-16,22H2,(H,23,24). The van der Waals surface area contributed by atoms with Gasteiger partial charge in [-0.05, 0) is 30.4 Å². The molecule has 3 nitrogen and oxygen atoms in total. The first-order valence-corrected chi connectivity index (χ1v) is 8.86. The molecule has 1 saturated carbocycles. The van der Waals surface area contributed by atoms with Crippen molar-refractivity contribution in [1.29, 1.82) is 0 Å². The van der Waals surface area contributed by atoms with Crippen molar-refractivity contribution in [2.75, 3.05) is 6.54 Å². The molecule has 1 fully saturated rings. The third-order valence-electron chi connectivity index (χ3n) is 5.07. The van der Waals surface area contributed by atoms with Crippen molar-refractivity contribution in [3.63, 3.8) is 0 Å². The maximum Gasteiger partial charge on any atom is 0.240 e. The lowest BCUT2D eigenvalue weighted by Crippen LogP contribution is -2.52. The molecule has 2 aromatic rings. The van der Waals surface area contributed by atoms with Gasteiger partial charge in [0.05, 0.1) is 5.54 Å². The number of carbonyl (C=O) groups is 1. The lowest BCUT2D eigenvalue weighted by Gasteiger charge is -2.24. The van der Waals surface area contributed by atoms with Crippen molar-refractivity contribution in [2.45, 2.75) is 43.6 Å². The molecular formula is C21H26N2O.